The monoisotopic (exact) mass is 255 g/mol. The molecular formula is C15H13NO3. The molecule has 0 radical (unpaired) electrons. The van der Waals surface area contributed by atoms with Gasteiger partial charge in [-0.1, -0.05) is 24.0 Å². The maximum absolute atomic E-state index is 11.5. The molecule has 0 bridgehead atoms. The summed E-state index contributed by atoms with van der Waals surface area (Å²) in [5, 5.41) is 8.47. The van der Waals surface area contributed by atoms with Crippen LogP contribution in [0.2, 0.25) is 0 Å². The number of carbonyl (C=O) groups excluding carboxylic acids is 2. The number of Topliss-reactive ketones (excluding diaryl/α,β-unsaturated/α-hetero) is 1. The Bertz CT molecular complexity index is 573. The molecule has 0 aromatic heterocycles. The molecule has 4 nitrogen and oxygen atoms in total. The van der Waals surface area contributed by atoms with E-state index in [1.807, 2.05) is 6.07 Å². The fourth-order valence-corrected chi connectivity index (χ4v) is 1.37. The second-order valence-electron chi connectivity index (χ2n) is 3.62. The van der Waals surface area contributed by atoms with Gasteiger partial charge < -0.3 is 4.74 Å². The van der Waals surface area contributed by atoms with Crippen molar-refractivity contribution in [3.63, 3.8) is 0 Å². The number of ketones is 1. The molecule has 0 aliphatic rings. The summed E-state index contributed by atoms with van der Waals surface area (Å²) in [7, 11) is 0. The van der Waals surface area contributed by atoms with E-state index in [4.69, 9.17) is 10.00 Å². The molecule has 0 atom stereocenters. The lowest BCUT2D eigenvalue weighted by Gasteiger charge is -1.97. The van der Waals surface area contributed by atoms with Gasteiger partial charge in [0.25, 0.3) is 0 Å². The number of hydrogen-bond acceptors (Lipinski definition) is 4. The minimum atomic E-state index is -0.369. The van der Waals surface area contributed by atoms with E-state index in [1.54, 1.807) is 31.2 Å². The van der Waals surface area contributed by atoms with Crippen molar-refractivity contribution in [3.05, 3.63) is 35.4 Å². The van der Waals surface area contributed by atoms with E-state index in [0.29, 0.717) is 17.7 Å². The number of rotatable bonds is 4. The number of nitrogens with zero attached hydrogens (tertiary/aromatic N) is 1. The van der Waals surface area contributed by atoms with Gasteiger partial charge in [-0.3, -0.25) is 9.59 Å². The van der Waals surface area contributed by atoms with Gasteiger partial charge in [-0.15, -0.1) is 0 Å². The lowest BCUT2D eigenvalue weighted by atomic mass is 10.1. The minimum Gasteiger partial charge on any atom is -0.465 e. The van der Waals surface area contributed by atoms with Gasteiger partial charge in [-0.2, -0.15) is 5.26 Å². The van der Waals surface area contributed by atoms with Gasteiger partial charge in [0.2, 0.25) is 0 Å². The van der Waals surface area contributed by atoms with Crippen LogP contribution >= 0.6 is 0 Å². The topological polar surface area (TPSA) is 67.2 Å². The number of ether oxygens (including phenoxy) is 1. The Morgan fingerprint density at radius 2 is 2.11 bits per heavy atom. The highest BCUT2D eigenvalue weighted by atomic mass is 16.5. The average molecular weight is 255 g/mol. The zero-order valence-electron chi connectivity index (χ0n) is 10.6. The molecule has 96 valence electrons. The van der Waals surface area contributed by atoms with Crippen LogP contribution in [0.1, 0.15) is 35.7 Å². The summed E-state index contributed by atoms with van der Waals surface area (Å²) in [6.45, 7) is 2.06. The molecule has 0 heterocycles. The van der Waals surface area contributed by atoms with Gasteiger partial charge in [-0.25, -0.2) is 0 Å². The van der Waals surface area contributed by atoms with Crippen LogP contribution in [0.3, 0.4) is 0 Å². The highest BCUT2D eigenvalue weighted by Gasteiger charge is 2.04. The molecule has 0 aliphatic carbocycles. The quantitative estimate of drug-likeness (QED) is 0.469. The normalized spacial score (nSPS) is 8.84. The maximum atomic E-state index is 11.5. The molecule has 0 saturated carbocycles. The van der Waals surface area contributed by atoms with E-state index in [2.05, 4.69) is 11.8 Å². The molecular weight excluding hydrogens is 242 g/mol. The van der Waals surface area contributed by atoms with E-state index in [9.17, 15) is 9.59 Å². The fraction of sp³-hybridized carbons (Fsp3) is 0.267. The van der Waals surface area contributed by atoms with Gasteiger partial charge in [0, 0.05) is 11.1 Å². The van der Waals surface area contributed by atoms with Crippen LogP contribution < -0.4 is 0 Å². The van der Waals surface area contributed by atoms with E-state index < -0.39 is 0 Å². The standard InChI is InChI=1S/C15H13NO3/c1-2-19-15(18)8-4-6-12-5-3-7-13(11-12)14(17)9-10-16/h3,5,7,11H,2,8-9H2,1H3. The molecule has 0 fully saturated rings. The predicted molar refractivity (Wildman–Crippen MR) is 69.1 cm³/mol. The van der Waals surface area contributed by atoms with Crippen LogP contribution in [0, 0.1) is 23.2 Å². The van der Waals surface area contributed by atoms with Gasteiger partial charge in [-0.05, 0) is 19.1 Å². The van der Waals surface area contributed by atoms with Gasteiger partial charge in [0.15, 0.2) is 5.78 Å². The van der Waals surface area contributed by atoms with Crippen LogP contribution in [-0.2, 0) is 9.53 Å². The Balaban J connectivity index is 2.73. The molecule has 1 aromatic carbocycles. The molecule has 1 rings (SSSR count). The number of benzene rings is 1. The number of nitriles is 1. The maximum Gasteiger partial charge on any atom is 0.317 e. The van der Waals surface area contributed by atoms with Crippen LogP contribution in [-0.4, -0.2) is 18.4 Å². The van der Waals surface area contributed by atoms with Crippen molar-refractivity contribution in [1.29, 1.82) is 5.26 Å². The molecule has 1 aromatic rings. The number of esters is 1. The second-order valence-corrected chi connectivity index (χ2v) is 3.62. The molecule has 0 spiro atoms. The number of hydrogen-bond donors (Lipinski definition) is 0. The highest BCUT2D eigenvalue weighted by Crippen LogP contribution is 2.06. The third-order valence-corrected chi connectivity index (χ3v) is 2.19. The Hall–Kier alpha value is -2.59. The third kappa shape index (κ3) is 5.06. The molecule has 0 N–H and O–H groups in total. The summed E-state index contributed by atoms with van der Waals surface area (Å²) in [5.74, 6) is 4.86. The Labute approximate surface area is 112 Å². The second kappa shape index (κ2) is 7.68. The average Bonchev–Trinajstić information content (AvgIpc) is 2.40. The van der Waals surface area contributed by atoms with E-state index in [0.717, 1.165) is 0 Å². The summed E-state index contributed by atoms with van der Waals surface area (Å²) < 4.78 is 4.74. The first-order chi connectivity index (χ1) is 9.17. The molecule has 0 amide bonds. The van der Waals surface area contributed by atoms with Crippen LogP contribution in [0.25, 0.3) is 0 Å². The first-order valence-corrected chi connectivity index (χ1v) is 5.82. The Morgan fingerprint density at radius 3 is 2.79 bits per heavy atom. The largest absolute Gasteiger partial charge is 0.465 e. The third-order valence-electron chi connectivity index (χ3n) is 2.19. The minimum absolute atomic E-state index is 0.0181. The Kier molecular flexibility index (Phi) is 5.85. The van der Waals surface area contributed by atoms with Crippen LogP contribution in [0.15, 0.2) is 24.3 Å². The zero-order valence-corrected chi connectivity index (χ0v) is 10.6. The van der Waals surface area contributed by atoms with Crippen molar-refractivity contribution in [2.24, 2.45) is 0 Å². The van der Waals surface area contributed by atoms with Crippen molar-refractivity contribution >= 4 is 11.8 Å². The molecule has 19 heavy (non-hydrogen) atoms. The summed E-state index contributed by atoms with van der Waals surface area (Å²) >= 11 is 0. The SMILES string of the molecule is CCOC(=O)CC#Cc1cccc(C(=O)CC#N)c1. The highest BCUT2D eigenvalue weighted by molar-refractivity contribution is 5.97. The van der Waals surface area contributed by atoms with E-state index >= 15 is 0 Å². The lowest BCUT2D eigenvalue weighted by molar-refractivity contribution is -0.141. The summed E-state index contributed by atoms with van der Waals surface area (Å²) in [6, 6.07) is 8.49. The van der Waals surface area contributed by atoms with Gasteiger partial charge >= 0.3 is 5.97 Å². The van der Waals surface area contributed by atoms with Crippen molar-refractivity contribution in [2.75, 3.05) is 6.61 Å². The van der Waals surface area contributed by atoms with Gasteiger partial charge in [0.05, 0.1) is 19.1 Å². The predicted octanol–water partition coefficient (Wildman–Crippen LogP) is 2.09. The molecule has 0 saturated heterocycles. The van der Waals surface area contributed by atoms with E-state index in [1.165, 1.54) is 0 Å². The van der Waals surface area contributed by atoms with Crippen LogP contribution in [0.4, 0.5) is 0 Å². The van der Waals surface area contributed by atoms with Crippen molar-refractivity contribution in [3.8, 4) is 17.9 Å². The fourth-order valence-electron chi connectivity index (χ4n) is 1.37. The smallest absolute Gasteiger partial charge is 0.317 e. The molecule has 0 aliphatic heterocycles. The van der Waals surface area contributed by atoms with Gasteiger partial charge in [0.1, 0.15) is 6.42 Å². The van der Waals surface area contributed by atoms with Crippen LogP contribution in [0.5, 0.6) is 0 Å². The van der Waals surface area contributed by atoms with E-state index in [-0.39, 0.29) is 24.6 Å². The van der Waals surface area contributed by atoms with Crippen molar-refractivity contribution < 1.29 is 14.3 Å². The summed E-state index contributed by atoms with van der Waals surface area (Å²) in [4.78, 5) is 22.6. The first-order valence-electron chi connectivity index (χ1n) is 5.82. The summed E-state index contributed by atoms with van der Waals surface area (Å²) in [5.41, 5.74) is 1.08. The zero-order chi connectivity index (χ0) is 14.1. The summed E-state index contributed by atoms with van der Waals surface area (Å²) in [6.07, 6.45) is -0.135. The lowest BCUT2D eigenvalue weighted by Crippen LogP contribution is -2.01. The number of carbonyl (C=O) groups is 2. The van der Waals surface area contributed by atoms with Crippen molar-refractivity contribution in [1.82, 2.24) is 0 Å². The molecule has 4 heteroatoms. The molecule has 0 unspecified atom stereocenters. The Morgan fingerprint density at radius 1 is 1.32 bits per heavy atom. The first kappa shape index (κ1) is 14.5. The van der Waals surface area contributed by atoms with Crippen molar-refractivity contribution in [2.45, 2.75) is 19.8 Å².